The number of phenols is 1. The van der Waals surface area contributed by atoms with Gasteiger partial charge in [-0.05, 0) is 31.3 Å². The third-order valence-electron chi connectivity index (χ3n) is 5.15. The summed E-state index contributed by atoms with van der Waals surface area (Å²) < 4.78 is 27.8. The first-order chi connectivity index (χ1) is 13.7. The highest BCUT2D eigenvalue weighted by atomic mass is 32.2. The predicted octanol–water partition coefficient (Wildman–Crippen LogP) is 1.52. The van der Waals surface area contributed by atoms with Gasteiger partial charge in [-0.2, -0.15) is 0 Å². The van der Waals surface area contributed by atoms with E-state index in [1.54, 1.807) is 24.3 Å². The maximum absolute atomic E-state index is 12.4. The summed E-state index contributed by atoms with van der Waals surface area (Å²) in [5.41, 5.74) is 0.459. The van der Waals surface area contributed by atoms with Crippen molar-refractivity contribution in [2.75, 3.05) is 56.9 Å². The molecule has 0 spiro atoms. The number of phenolic OH excluding ortho intramolecular Hbond substituents is 1. The van der Waals surface area contributed by atoms with Gasteiger partial charge in [0.1, 0.15) is 5.75 Å². The number of amides is 1. The quantitative estimate of drug-likeness (QED) is 0.487. The summed E-state index contributed by atoms with van der Waals surface area (Å²) >= 11 is 0. The molecule has 0 aliphatic carbocycles. The van der Waals surface area contributed by atoms with Crippen molar-refractivity contribution in [2.45, 2.75) is 4.90 Å². The van der Waals surface area contributed by atoms with E-state index in [1.165, 1.54) is 24.3 Å². The van der Waals surface area contributed by atoms with E-state index < -0.39 is 10.0 Å². The predicted molar refractivity (Wildman–Crippen MR) is 112 cm³/mol. The molecule has 0 aromatic heterocycles. The van der Waals surface area contributed by atoms with Crippen LogP contribution in [0.4, 0.5) is 11.4 Å². The number of hydrogen-bond donors (Lipinski definition) is 3. The summed E-state index contributed by atoms with van der Waals surface area (Å²) in [6.07, 6.45) is 0. The molecule has 3 N–H and O–H groups in total. The summed E-state index contributed by atoms with van der Waals surface area (Å²) in [4.78, 5) is 14.8. The number of carbonyl (C=O) groups is 1. The van der Waals surface area contributed by atoms with Crippen LogP contribution in [0.5, 0.6) is 5.75 Å². The van der Waals surface area contributed by atoms with Gasteiger partial charge >= 0.3 is 0 Å². The fourth-order valence-electron chi connectivity index (χ4n) is 3.25. The first-order valence-electron chi connectivity index (χ1n) is 9.40. The molecule has 0 bridgehead atoms. The summed E-state index contributed by atoms with van der Waals surface area (Å²) in [6, 6.07) is 12.2. The normalized spacial score (nSPS) is 16.9. The Bertz CT molecular complexity index is 971. The van der Waals surface area contributed by atoms with Crippen LogP contribution >= 0.6 is 0 Å². The van der Waals surface area contributed by atoms with Crippen molar-refractivity contribution in [3.8, 4) is 5.75 Å². The van der Waals surface area contributed by atoms with Crippen LogP contribution in [0.2, 0.25) is 0 Å². The second-order valence-corrected chi connectivity index (χ2v) is 9.41. The van der Waals surface area contributed by atoms with Crippen molar-refractivity contribution in [3.63, 3.8) is 0 Å². The van der Waals surface area contributed by atoms with Crippen LogP contribution in [0, 0.1) is 0 Å². The van der Waals surface area contributed by atoms with Crippen molar-refractivity contribution in [3.05, 3.63) is 48.5 Å². The molecule has 1 aliphatic rings. The van der Waals surface area contributed by atoms with E-state index in [1.807, 2.05) is 0 Å². The Balaban J connectivity index is 1.64. The molecule has 29 heavy (non-hydrogen) atoms. The molecule has 0 saturated carbocycles. The number of aromatic hydroxyl groups is 1. The lowest BCUT2D eigenvalue weighted by atomic mass is 10.2. The van der Waals surface area contributed by atoms with E-state index in [0.717, 1.165) is 26.2 Å². The van der Waals surface area contributed by atoms with Gasteiger partial charge in [-0.3, -0.25) is 14.4 Å². The number of sulfonamides is 1. The monoisotopic (exact) mass is 419 g/mol. The van der Waals surface area contributed by atoms with Crippen molar-refractivity contribution in [1.82, 2.24) is 4.90 Å². The Morgan fingerprint density at radius 2 is 1.79 bits per heavy atom. The fraction of sp³-hybridized carbons (Fsp3) is 0.350. The molecule has 8 nitrogen and oxygen atoms in total. The minimum Gasteiger partial charge on any atom is -0.506 e. The SMILES string of the molecule is CN1CC[N+](C)(CC(=O)Nc2ccc(NS(=O)(=O)c3ccccc3)c(O)c2)CC1. The van der Waals surface area contributed by atoms with Crippen LogP contribution in [0.15, 0.2) is 53.4 Å². The number of nitrogens with zero attached hydrogens (tertiary/aromatic N) is 2. The second kappa shape index (κ2) is 8.40. The fourth-order valence-corrected chi connectivity index (χ4v) is 4.35. The average Bonchev–Trinajstić information content (AvgIpc) is 2.67. The Morgan fingerprint density at radius 1 is 1.14 bits per heavy atom. The number of benzene rings is 2. The number of piperazine rings is 1. The second-order valence-electron chi connectivity index (χ2n) is 7.73. The zero-order valence-electron chi connectivity index (χ0n) is 16.6. The number of quaternary nitrogens is 1. The molecule has 3 rings (SSSR count). The van der Waals surface area contributed by atoms with Gasteiger partial charge < -0.3 is 14.9 Å². The van der Waals surface area contributed by atoms with Gasteiger partial charge in [0.05, 0.1) is 30.7 Å². The van der Waals surface area contributed by atoms with Gasteiger partial charge in [0, 0.05) is 24.8 Å². The molecular weight excluding hydrogens is 392 g/mol. The van der Waals surface area contributed by atoms with Gasteiger partial charge in [-0.15, -0.1) is 0 Å². The number of carbonyl (C=O) groups excluding carboxylic acids is 1. The first kappa shape index (κ1) is 21.1. The van der Waals surface area contributed by atoms with E-state index in [0.29, 0.717) is 16.7 Å². The molecule has 0 unspecified atom stereocenters. The van der Waals surface area contributed by atoms with E-state index in [4.69, 9.17) is 0 Å². The highest BCUT2D eigenvalue weighted by Crippen LogP contribution is 2.29. The zero-order chi connectivity index (χ0) is 21.1. The summed E-state index contributed by atoms with van der Waals surface area (Å²) in [5, 5.41) is 13.0. The molecule has 2 aromatic rings. The first-order valence-corrected chi connectivity index (χ1v) is 10.9. The lowest BCUT2D eigenvalue weighted by Gasteiger charge is -2.40. The van der Waals surface area contributed by atoms with E-state index in [9.17, 15) is 18.3 Å². The Labute approximate surface area is 171 Å². The summed E-state index contributed by atoms with van der Waals surface area (Å²) in [5.74, 6) is -0.406. The molecule has 156 valence electrons. The van der Waals surface area contributed by atoms with Gasteiger partial charge in [-0.1, -0.05) is 18.2 Å². The van der Waals surface area contributed by atoms with E-state index in [-0.39, 0.29) is 22.2 Å². The van der Waals surface area contributed by atoms with Crippen molar-refractivity contribution < 1.29 is 22.8 Å². The smallest absolute Gasteiger partial charge is 0.279 e. The highest BCUT2D eigenvalue weighted by Gasteiger charge is 2.29. The molecule has 1 heterocycles. The average molecular weight is 420 g/mol. The number of rotatable bonds is 6. The zero-order valence-corrected chi connectivity index (χ0v) is 17.4. The van der Waals surface area contributed by atoms with Crippen LogP contribution in [0.25, 0.3) is 0 Å². The number of likely N-dealkylation sites (N-methyl/N-ethyl adjacent to an activating group) is 2. The van der Waals surface area contributed by atoms with Crippen LogP contribution in [-0.2, 0) is 14.8 Å². The number of hydrogen-bond acceptors (Lipinski definition) is 5. The Kier molecular flexibility index (Phi) is 6.11. The maximum atomic E-state index is 12.4. The molecule has 9 heteroatoms. The van der Waals surface area contributed by atoms with Crippen LogP contribution in [0.3, 0.4) is 0 Å². The minimum atomic E-state index is -3.81. The lowest BCUT2D eigenvalue weighted by molar-refractivity contribution is -0.905. The van der Waals surface area contributed by atoms with Gasteiger partial charge in [-0.25, -0.2) is 8.42 Å². The molecule has 1 amide bonds. The van der Waals surface area contributed by atoms with E-state index in [2.05, 4.69) is 29.0 Å². The minimum absolute atomic E-state index is 0.0462. The Hall–Kier alpha value is -2.62. The standard InChI is InChI=1S/C20H26N4O4S/c1-23-10-12-24(2,13-11-23)15-20(26)21-16-8-9-18(19(25)14-16)22-29(27,28)17-6-4-3-5-7-17/h3-9,14,22H,10-13,15H2,1-2H3,(H-,21,25,26)/p+1. The van der Waals surface area contributed by atoms with Crippen LogP contribution in [-0.4, -0.2) is 75.6 Å². The third kappa shape index (κ3) is 5.47. The number of nitrogens with one attached hydrogen (secondary N) is 2. The molecule has 2 aromatic carbocycles. The van der Waals surface area contributed by atoms with Crippen molar-refractivity contribution in [1.29, 1.82) is 0 Å². The molecule has 1 fully saturated rings. The van der Waals surface area contributed by atoms with Crippen molar-refractivity contribution >= 4 is 27.3 Å². The van der Waals surface area contributed by atoms with Gasteiger partial charge in [0.15, 0.2) is 6.54 Å². The van der Waals surface area contributed by atoms with Gasteiger partial charge in [0.25, 0.3) is 15.9 Å². The van der Waals surface area contributed by atoms with Crippen LogP contribution < -0.4 is 10.0 Å². The van der Waals surface area contributed by atoms with Crippen LogP contribution in [0.1, 0.15) is 0 Å². The van der Waals surface area contributed by atoms with E-state index >= 15 is 0 Å². The largest absolute Gasteiger partial charge is 0.506 e. The number of anilines is 2. The topological polar surface area (TPSA) is 98.7 Å². The molecule has 1 aliphatic heterocycles. The third-order valence-corrected chi connectivity index (χ3v) is 6.53. The van der Waals surface area contributed by atoms with Crippen molar-refractivity contribution in [2.24, 2.45) is 0 Å². The van der Waals surface area contributed by atoms with Gasteiger partial charge in [0.2, 0.25) is 0 Å². The summed E-state index contributed by atoms with van der Waals surface area (Å²) in [6.45, 7) is 4.03. The molecule has 0 radical (unpaired) electrons. The summed E-state index contributed by atoms with van der Waals surface area (Å²) in [7, 11) is 0.323. The molecular formula is C20H27N4O4S+. The maximum Gasteiger partial charge on any atom is 0.279 e. The highest BCUT2D eigenvalue weighted by molar-refractivity contribution is 7.92. The molecule has 1 saturated heterocycles. The lowest BCUT2D eigenvalue weighted by Crippen LogP contribution is -2.58. The molecule has 0 atom stereocenters. The Morgan fingerprint density at radius 3 is 2.41 bits per heavy atom.